The summed E-state index contributed by atoms with van der Waals surface area (Å²) in [4.78, 5) is 38.7. The van der Waals surface area contributed by atoms with Crippen molar-refractivity contribution in [1.29, 1.82) is 0 Å². The summed E-state index contributed by atoms with van der Waals surface area (Å²) in [5.74, 6) is -1.32. The van der Waals surface area contributed by atoms with Crippen molar-refractivity contribution in [3.05, 3.63) is 35.4 Å². The first-order valence-corrected chi connectivity index (χ1v) is 9.63. The number of likely N-dealkylation sites (tertiary alicyclic amines) is 1. The third-order valence-corrected chi connectivity index (χ3v) is 6.17. The summed E-state index contributed by atoms with van der Waals surface area (Å²) < 4.78 is 0. The van der Waals surface area contributed by atoms with Crippen LogP contribution in [-0.4, -0.2) is 46.9 Å². The molecule has 2 atom stereocenters. The van der Waals surface area contributed by atoms with E-state index in [4.69, 9.17) is 0 Å². The number of amides is 2. The molecule has 2 fully saturated rings. The molecule has 1 aliphatic carbocycles. The fourth-order valence-electron chi connectivity index (χ4n) is 4.18. The molecule has 1 aromatic carbocycles. The zero-order valence-corrected chi connectivity index (χ0v) is 16.2. The standard InChI is InChI=1S/C21H28N2O4/c1-13(2)17(22-18(24)15-7-5-4-6-14(15)3)19(25)23-10-8-21(9-11-23)12-16(21)20(26)27/h4-7,13,16-17H,8-12H2,1-3H3,(H,22,24)(H,26,27). The van der Waals surface area contributed by atoms with Crippen LogP contribution in [0.4, 0.5) is 0 Å². The maximum absolute atomic E-state index is 13.0. The molecule has 6 nitrogen and oxygen atoms in total. The molecule has 6 heteroatoms. The molecule has 2 unspecified atom stereocenters. The summed E-state index contributed by atoms with van der Waals surface area (Å²) in [5, 5.41) is 12.1. The number of carboxylic acids is 1. The summed E-state index contributed by atoms with van der Waals surface area (Å²) in [6.07, 6.45) is 2.18. The molecule has 2 aliphatic rings. The van der Waals surface area contributed by atoms with Gasteiger partial charge in [0.25, 0.3) is 5.91 Å². The topological polar surface area (TPSA) is 86.7 Å². The molecule has 27 heavy (non-hydrogen) atoms. The number of carboxylic acid groups (broad SMARTS) is 1. The number of nitrogens with one attached hydrogen (secondary N) is 1. The second-order valence-electron chi connectivity index (χ2n) is 8.29. The highest BCUT2D eigenvalue weighted by Crippen LogP contribution is 2.59. The minimum Gasteiger partial charge on any atom is -0.481 e. The Hall–Kier alpha value is -2.37. The lowest BCUT2D eigenvalue weighted by Gasteiger charge is -2.36. The quantitative estimate of drug-likeness (QED) is 0.831. The first kappa shape index (κ1) is 19.4. The average Bonchev–Trinajstić information content (AvgIpc) is 3.33. The van der Waals surface area contributed by atoms with Gasteiger partial charge in [-0.3, -0.25) is 14.4 Å². The van der Waals surface area contributed by atoms with Crippen LogP contribution in [0.25, 0.3) is 0 Å². The van der Waals surface area contributed by atoms with E-state index in [0.717, 1.165) is 24.8 Å². The van der Waals surface area contributed by atoms with E-state index in [1.807, 2.05) is 39.0 Å². The van der Waals surface area contributed by atoms with Crippen molar-refractivity contribution < 1.29 is 19.5 Å². The van der Waals surface area contributed by atoms with E-state index < -0.39 is 12.0 Å². The third-order valence-electron chi connectivity index (χ3n) is 6.17. The number of aliphatic carboxylic acids is 1. The first-order valence-electron chi connectivity index (χ1n) is 9.63. The Labute approximate surface area is 159 Å². The van der Waals surface area contributed by atoms with Crippen LogP contribution in [-0.2, 0) is 9.59 Å². The lowest BCUT2D eigenvalue weighted by atomic mass is 9.90. The number of benzene rings is 1. The van der Waals surface area contributed by atoms with Crippen LogP contribution in [0.1, 0.15) is 49.0 Å². The minimum atomic E-state index is -0.722. The van der Waals surface area contributed by atoms with E-state index in [2.05, 4.69) is 5.32 Å². The molecular formula is C21H28N2O4. The van der Waals surface area contributed by atoms with Gasteiger partial charge in [-0.15, -0.1) is 0 Å². The number of nitrogens with zero attached hydrogens (tertiary/aromatic N) is 1. The van der Waals surface area contributed by atoms with Gasteiger partial charge in [0.1, 0.15) is 6.04 Å². The number of carbonyl (C=O) groups excluding carboxylic acids is 2. The third kappa shape index (κ3) is 3.84. The van der Waals surface area contributed by atoms with Gasteiger partial charge in [-0.25, -0.2) is 0 Å². The molecule has 1 aliphatic heterocycles. The van der Waals surface area contributed by atoms with Gasteiger partial charge >= 0.3 is 5.97 Å². The van der Waals surface area contributed by atoms with Crippen LogP contribution < -0.4 is 5.32 Å². The predicted octanol–water partition coefficient (Wildman–Crippen LogP) is 2.46. The van der Waals surface area contributed by atoms with Gasteiger partial charge in [-0.05, 0) is 49.1 Å². The number of carbonyl (C=O) groups is 3. The molecule has 1 saturated carbocycles. The first-order chi connectivity index (χ1) is 12.7. The van der Waals surface area contributed by atoms with Gasteiger partial charge in [0.15, 0.2) is 0 Å². The highest BCUT2D eigenvalue weighted by molar-refractivity contribution is 5.98. The number of hydrogen-bond acceptors (Lipinski definition) is 3. The Bertz CT molecular complexity index is 750. The highest BCUT2D eigenvalue weighted by atomic mass is 16.4. The summed E-state index contributed by atoms with van der Waals surface area (Å²) in [5.41, 5.74) is 1.34. The molecule has 1 heterocycles. The largest absolute Gasteiger partial charge is 0.481 e. The molecule has 2 amide bonds. The van der Waals surface area contributed by atoms with Gasteiger partial charge in [0.05, 0.1) is 5.92 Å². The van der Waals surface area contributed by atoms with Crippen LogP contribution in [0.3, 0.4) is 0 Å². The Kier molecular flexibility index (Phi) is 5.27. The number of rotatable bonds is 5. The number of piperidine rings is 1. The van der Waals surface area contributed by atoms with Crippen molar-refractivity contribution in [2.24, 2.45) is 17.3 Å². The van der Waals surface area contributed by atoms with Gasteiger partial charge in [-0.2, -0.15) is 0 Å². The van der Waals surface area contributed by atoms with Crippen molar-refractivity contribution in [1.82, 2.24) is 10.2 Å². The van der Waals surface area contributed by atoms with Crippen LogP contribution in [0.15, 0.2) is 24.3 Å². The van der Waals surface area contributed by atoms with Crippen LogP contribution in [0.2, 0.25) is 0 Å². The van der Waals surface area contributed by atoms with Crippen molar-refractivity contribution in [2.45, 2.75) is 46.1 Å². The average molecular weight is 372 g/mol. The molecule has 0 radical (unpaired) electrons. The molecule has 146 valence electrons. The summed E-state index contributed by atoms with van der Waals surface area (Å²) in [6, 6.07) is 6.74. The molecule has 0 aromatic heterocycles. The van der Waals surface area contributed by atoms with Crippen LogP contribution in [0.5, 0.6) is 0 Å². The SMILES string of the molecule is Cc1ccccc1C(=O)NC(C(=O)N1CCC2(CC1)CC2C(=O)O)C(C)C. The van der Waals surface area contributed by atoms with Gasteiger partial charge < -0.3 is 15.3 Å². The van der Waals surface area contributed by atoms with Gasteiger partial charge in [0, 0.05) is 18.7 Å². The normalized spacial score (nSPS) is 21.8. The molecular weight excluding hydrogens is 344 g/mol. The van der Waals surface area contributed by atoms with Crippen molar-refractivity contribution in [3.8, 4) is 0 Å². The maximum Gasteiger partial charge on any atom is 0.307 e. The van der Waals surface area contributed by atoms with Crippen molar-refractivity contribution in [2.75, 3.05) is 13.1 Å². The second-order valence-corrected chi connectivity index (χ2v) is 8.29. The van der Waals surface area contributed by atoms with Crippen LogP contribution >= 0.6 is 0 Å². The Morgan fingerprint density at radius 2 is 1.81 bits per heavy atom. The predicted molar refractivity (Wildman–Crippen MR) is 101 cm³/mol. The number of aryl methyl sites for hydroxylation is 1. The lowest BCUT2D eigenvalue weighted by molar-refractivity contribution is -0.140. The number of hydrogen-bond donors (Lipinski definition) is 2. The van der Waals surface area contributed by atoms with E-state index in [0.29, 0.717) is 18.7 Å². The monoisotopic (exact) mass is 372 g/mol. The summed E-state index contributed by atoms with van der Waals surface area (Å²) in [7, 11) is 0. The van der Waals surface area contributed by atoms with Gasteiger partial charge in [0.2, 0.25) is 5.91 Å². The molecule has 1 spiro atoms. The van der Waals surface area contributed by atoms with Crippen LogP contribution in [0, 0.1) is 24.2 Å². The van der Waals surface area contributed by atoms with E-state index >= 15 is 0 Å². The smallest absolute Gasteiger partial charge is 0.307 e. The van der Waals surface area contributed by atoms with Crippen molar-refractivity contribution >= 4 is 17.8 Å². The Morgan fingerprint density at radius 3 is 2.33 bits per heavy atom. The van der Waals surface area contributed by atoms with E-state index in [-0.39, 0.29) is 29.1 Å². The summed E-state index contributed by atoms with van der Waals surface area (Å²) >= 11 is 0. The van der Waals surface area contributed by atoms with Gasteiger partial charge in [-0.1, -0.05) is 32.0 Å². The minimum absolute atomic E-state index is 0.0333. The molecule has 0 bridgehead atoms. The second kappa shape index (κ2) is 7.33. The zero-order valence-electron chi connectivity index (χ0n) is 16.2. The molecule has 1 aromatic rings. The zero-order chi connectivity index (χ0) is 19.8. The van der Waals surface area contributed by atoms with E-state index in [9.17, 15) is 19.5 Å². The van der Waals surface area contributed by atoms with E-state index in [1.165, 1.54) is 0 Å². The Balaban J connectivity index is 1.64. The summed E-state index contributed by atoms with van der Waals surface area (Å²) in [6.45, 7) is 6.85. The van der Waals surface area contributed by atoms with Crippen molar-refractivity contribution in [3.63, 3.8) is 0 Å². The Morgan fingerprint density at radius 1 is 1.19 bits per heavy atom. The molecule has 1 saturated heterocycles. The highest BCUT2D eigenvalue weighted by Gasteiger charge is 2.59. The molecule has 3 rings (SSSR count). The lowest BCUT2D eigenvalue weighted by Crippen LogP contribution is -2.53. The fraction of sp³-hybridized carbons (Fsp3) is 0.571. The van der Waals surface area contributed by atoms with E-state index in [1.54, 1.807) is 11.0 Å². The molecule has 2 N–H and O–H groups in total. The fourth-order valence-corrected chi connectivity index (χ4v) is 4.18. The maximum atomic E-state index is 13.0.